The molecule has 0 saturated heterocycles. The molecular weight excluding hydrogens is 781 g/mol. The summed E-state index contributed by atoms with van der Waals surface area (Å²) in [6.07, 6.45) is 0. The van der Waals surface area contributed by atoms with Crippen LogP contribution < -0.4 is 9.80 Å². The summed E-state index contributed by atoms with van der Waals surface area (Å²) in [6.45, 7) is 15.4. The van der Waals surface area contributed by atoms with Crippen molar-refractivity contribution in [3.8, 4) is 44.8 Å². The summed E-state index contributed by atoms with van der Waals surface area (Å²) in [5.41, 5.74) is 15.6. The van der Waals surface area contributed by atoms with Crippen molar-refractivity contribution >= 4 is 56.5 Å². The second-order valence-electron chi connectivity index (χ2n) is 15.2. The smallest absolute Gasteiger partial charge is 0.196 e. The molecule has 0 fully saturated rings. The molecule has 0 aliphatic rings. The van der Waals surface area contributed by atoms with Crippen molar-refractivity contribution in [2.24, 2.45) is 0 Å². The Morgan fingerprint density at radius 3 is 0.781 bits per heavy atom. The summed E-state index contributed by atoms with van der Waals surface area (Å²) in [5.74, 6) is 0. The van der Waals surface area contributed by atoms with Gasteiger partial charge < -0.3 is 9.80 Å². The number of fused-ring (bicyclic) bond motifs is 1. The maximum atomic E-state index is 7.72. The van der Waals surface area contributed by atoms with Gasteiger partial charge in [-0.2, -0.15) is 0 Å². The molecule has 0 saturated carbocycles. The van der Waals surface area contributed by atoms with E-state index in [0.29, 0.717) is 22.4 Å². The number of benzene rings is 9. The van der Waals surface area contributed by atoms with Crippen LogP contribution in [0.1, 0.15) is 0 Å². The van der Waals surface area contributed by atoms with E-state index in [4.69, 9.17) is 23.1 Å². The lowest BCUT2D eigenvalue weighted by molar-refractivity contribution is 1.28. The van der Waals surface area contributed by atoms with Crippen LogP contribution in [0.2, 0.25) is 0 Å². The Kier molecular flexibility index (Phi) is 10.7. The first-order valence-corrected chi connectivity index (χ1v) is 21.0. The van der Waals surface area contributed by atoms with E-state index >= 15 is 0 Å². The zero-order chi connectivity index (χ0) is 43.2. The lowest BCUT2D eigenvalue weighted by atomic mass is 9.98. The molecule has 1 heterocycles. The minimum atomic E-state index is 0.262. The van der Waals surface area contributed by atoms with Gasteiger partial charge in [0.1, 0.15) is 0 Å². The minimum Gasteiger partial charge on any atom is -0.311 e. The number of rotatable bonds is 10. The van der Waals surface area contributed by atoms with E-state index in [1.54, 1.807) is 12.1 Å². The highest BCUT2D eigenvalue weighted by Gasteiger charge is 2.18. The first kappa shape index (κ1) is 39.1. The molecule has 0 aliphatic carbocycles. The van der Waals surface area contributed by atoms with Crippen molar-refractivity contribution in [3.63, 3.8) is 0 Å². The number of hydrogen-bond acceptors (Lipinski definition) is 4. The van der Waals surface area contributed by atoms with E-state index in [2.05, 4.69) is 214 Å². The lowest BCUT2D eigenvalue weighted by Crippen LogP contribution is -2.09. The molecular formula is C58H38N6. The Labute approximate surface area is 372 Å². The Bertz CT molecular complexity index is 2980. The van der Waals surface area contributed by atoms with Crippen LogP contribution in [0.3, 0.4) is 0 Å². The standard InChI is InChI=1S/C58H38N6/c1-59-53-39-55-56(40-54(53)60-2)62-58(46-29-25-42(26-30-46)44-33-37-52(38-34-44)64(49-19-11-5-12-20-49)50-21-13-6-14-22-50)57(61-55)45-27-23-41(24-28-45)43-31-35-51(36-32-43)63(47-15-7-3-8-16-47)48-17-9-4-10-18-48/h3-40H. The molecule has 0 N–H and O–H groups in total. The summed E-state index contributed by atoms with van der Waals surface area (Å²) < 4.78 is 0. The first-order valence-electron chi connectivity index (χ1n) is 21.0. The summed E-state index contributed by atoms with van der Waals surface area (Å²) in [4.78, 5) is 22.0. The average molecular weight is 819 g/mol. The Hall–Kier alpha value is -9.10. The van der Waals surface area contributed by atoms with Gasteiger partial charge in [-0.05, 0) is 107 Å². The van der Waals surface area contributed by atoms with Crippen molar-refractivity contribution < 1.29 is 0 Å². The van der Waals surface area contributed by atoms with Crippen molar-refractivity contribution in [2.45, 2.75) is 0 Å². The van der Waals surface area contributed by atoms with Crippen LogP contribution in [0.15, 0.2) is 231 Å². The van der Waals surface area contributed by atoms with E-state index < -0.39 is 0 Å². The van der Waals surface area contributed by atoms with Crippen molar-refractivity contribution in [1.82, 2.24) is 9.97 Å². The van der Waals surface area contributed by atoms with Crippen LogP contribution in [0.4, 0.5) is 45.5 Å². The predicted octanol–water partition coefficient (Wildman–Crippen LogP) is 16.3. The van der Waals surface area contributed by atoms with Crippen LogP contribution in [-0.2, 0) is 0 Å². The first-order chi connectivity index (χ1) is 31.6. The number of para-hydroxylation sites is 4. The maximum absolute atomic E-state index is 7.72. The molecule has 6 heteroatoms. The second-order valence-corrected chi connectivity index (χ2v) is 15.2. The highest BCUT2D eigenvalue weighted by atomic mass is 15.1. The fourth-order valence-corrected chi connectivity index (χ4v) is 8.11. The van der Waals surface area contributed by atoms with Gasteiger partial charge in [-0.1, -0.05) is 146 Å². The number of nitrogens with zero attached hydrogens (tertiary/aromatic N) is 6. The molecule has 6 nitrogen and oxygen atoms in total. The molecule has 300 valence electrons. The van der Waals surface area contributed by atoms with Crippen molar-refractivity contribution in [3.05, 3.63) is 253 Å². The van der Waals surface area contributed by atoms with Gasteiger partial charge in [0.25, 0.3) is 0 Å². The fraction of sp³-hybridized carbons (Fsp3) is 0. The summed E-state index contributed by atoms with van der Waals surface area (Å²) in [5, 5.41) is 0. The molecule has 0 spiro atoms. The van der Waals surface area contributed by atoms with E-state index in [-0.39, 0.29) is 11.4 Å². The molecule has 0 amide bonds. The largest absolute Gasteiger partial charge is 0.311 e. The van der Waals surface area contributed by atoms with Gasteiger partial charge in [-0.15, -0.1) is 0 Å². The molecule has 10 rings (SSSR count). The quantitative estimate of drug-likeness (QED) is 0.129. The molecule has 0 unspecified atom stereocenters. The van der Waals surface area contributed by atoms with Crippen LogP contribution in [0.5, 0.6) is 0 Å². The van der Waals surface area contributed by atoms with E-state index in [1.807, 2.05) is 24.3 Å². The summed E-state index contributed by atoms with van der Waals surface area (Å²) in [6, 6.07) is 78.9. The summed E-state index contributed by atoms with van der Waals surface area (Å²) in [7, 11) is 0. The maximum Gasteiger partial charge on any atom is 0.196 e. The Morgan fingerprint density at radius 1 is 0.281 bits per heavy atom. The molecule has 0 radical (unpaired) electrons. The SMILES string of the molecule is [C-]#[N+]c1cc2nc(-c3ccc(-c4ccc(N(c5ccccc5)c5ccccc5)cc4)cc3)c(-c3ccc(-c4ccc(N(c5ccccc5)c5ccccc5)cc4)cc3)nc2cc1[N+]#[C-]. The van der Waals surface area contributed by atoms with Gasteiger partial charge >= 0.3 is 0 Å². The third kappa shape index (κ3) is 7.83. The zero-order valence-corrected chi connectivity index (χ0v) is 34.6. The van der Waals surface area contributed by atoms with E-state index in [9.17, 15) is 0 Å². The topological polar surface area (TPSA) is 41.0 Å². The molecule has 10 aromatic rings. The Morgan fingerprint density at radius 2 is 0.516 bits per heavy atom. The van der Waals surface area contributed by atoms with Gasteiger partial charge in [0, 0.05) is 45.3 Å². The third-order valence-corrected chi connectivity index (χ3v) is 11.3. The highest BCUT2D eigenvalue weighted by molar-refractivity contribution is 5.93. The normalized spacial score (nSPS) is 10.8. The molecule has 0 bridgehead atoms. The van der Waals surface area contributed by atoms with Gasteiger partial charge in [0.2, 0.25) is 0 Å². The number of aromatic nitrogens is 2. The zero-order valence-electron chi connectivity index (χ0n) is 34.6. The van der Waals surface area contributed by atoms with Crippen LogP contribution in [0, 0.1) is 13.1 Å². The molecule has 9 aromatic carbocycles. The van der Waals surface area contributed by atoms with Gasteiger partial charge in [-0.25, -0.2) is 9.97 Å². The van der Waals surface area contributed by atoms with Crippen molar-refractivity contribution in [1.29, 1.82) is 0 Å². The molecule has 64 heavy (non-hydrogen) atoms. The molecule has 0 aliphatic heterocycles. The third-order valence-electron chi connectivity index (χ3n) is 11.3. The van der Waals surface area contributed by atoms with Gasteiger partial charge in [0.15, 0.2) is 11.4 Å². The Balaban J connectivity index is 0.973. The van der Waals surface area contributed by atoms with E-state index in [1.165, 1.54) is 0 Å². The molecule has 1 aromatic heterocycles. The average Bonchev–Trinajstić information content (AvgIpc) is 3.37. The highest BCUT2D eigenvalue weighted by Crippen LogP contribution is 2.40. The van der Waals surface area contributed by atoms with Crippen LogP contribution in [-0.4, -0.2) is 9.97 Å². The number of anilines is 6. The van der Waals surface area contributed by atoms with Crippen LogP contribution in [0.25, 0.3) is 65.5 Å². The lowest BCUT2D eigenvalue weighted by Gasteiger charge is -2.25. The predicted molar refractivity (Wildman–Crippen MR) is 263 cm³/mol. The number of hydrogen-bond donors (Lipinski definition) is 0. The minimum absolute atomic E-state index is 0.262. The van der Waals surface area contributed by atoms with Gasteiger partial charge in [0.05, 0.1) is 35.6 Å². The van der Waals surface area contributed by atoms with Crippen LogP contribution >= 0.6 is 0 Å². The molecule has 0 atom stereocenters. The second kappa shape index (κ2) is 17.5. The van der Waals surface area contributed by atoms with Crippen molar-refractivity contribution in [2.75, 3.05) is 9.80 Å². The summed E-state index contributed by atoms with van der Waals surface area (Å²) >= 11 is 0. The fourth-order valence-electron chi connectivity index (χ4n) is 8.11. The van der Waals surface area contributed by atoms with E-state index in [0.717, 1.165) is 67.5 Å². The van der Waals surface area contributed by atoms with Gasteiger partial charge in [-0.3, -0.25) is 9.69 Å². The monoisotopic (exact) mass is 818 g/mol.